The van der Waals surface area contributed by atoms with E-state index in [0.29, 0.717) is 17.4 Å². The Labute approximate surface area is 121 Å². The minimum absolute atomic E-state index is 0.0765. The predicted octanol–water partition coefficient (Wildman–Crippen LogP) is 3.17. The molecule has 0 bridgehead atoms. The maximum atomic E-state index is 12.2. The molecule has 1 aromatic rings. The van der Waals surface area contributed by atoms with E-state index in [1.54, 1.807) is 11.0 Å². The maximum Gasteiger partial charge on any atom is 0.331 e. The molecular weight excluding hydrogens is 286 g/mol. The number of carboxylic acid groups (broad SMARTS) is 1. The van der Waals surface area contributed by atoms with Gasteiger partial charge in [0.25, 0.3) is 0 Å². The van der Waals surface area contributed by atoms with Gasteiger partial charge in [0, 0.05) is 22.6 Å². The molecule has 0 aliphatic carbocycles. The second-order valence-electron chi connectivity index (χ2n) is 4.08. The Hall–Kier alpha value is -1.33. The number of carboxylic acids is 1. The fourth-order valence-corrected chi connectivity index (χ4v) is 2.61. The zero-order chi connectivity index (χ0) is 14.6. The fraction of sp³-hybridized carbons (Fsp3) is 0.385. The molecule has 0 aliphatic heterocycles. The van der Waals surface area contributed by atoms with Gasteiger partial charge in [-0.2, -0.15) is 0 Å². The molecule has 0 fully saturated rings. The molecule has 0 unspecified atom stereocenters. The van der Waals surface area contributed by atoms with Crippen molar-refractivity contribution < 1.29 is 14.7 Å². The molecule has 1 heterocycles. The molecule has 0 aromatic carbocycles. The average molecular weight is 302 g/mol. The van der Waals surface area contributed by atoms with Crippen LogP contribution in [-0.2, 0) is 16.1 Å². The molecule has 0 saturated carbocycles. The van der Waals surface area contributed by atoms with Crippen LogP contribution < -0.4 is 0 Å². The highest BCUT2D eigenvalue weighted by atomic mass is 35.5. The Balaban J connectivity index is 2.89. The lowest BCUT2D eigenvalue weighted by molar-refractivity contribution is -0.134. The van der Waals surface area contributed by atoms with Gasteiger partial charge >= 0.3 is 5.97 Å². The molecular formula is C13H16ClNO3S. The summed E-state index contributed by atoms with van der Waals surface area (Å²) in [5.74, 6) is -1.33. The molecule has 0 atom stereocenters. The van der Waals surface area contributed by atoms with Crippen LogP contribution in [0.5, 0.6) is 0 Å². The van der Waals surface area contributed by atoms with E-state index in [1.807, 2.05) is 13.0 Å². The topological polar surface area (TPSA) is 57.6 Å². The summed E-state index contributed by atoms with van der Waals surface area (Å²) in [5.41, 5.74) is 0.338. The van der Waals surface area contributed by atoms with Gasteiger partial charge in [0.1, 0.15) is 0 Å². The molecule has 1 N–H and O–H groups in total. The molecule has 6 heteroatoms. The number of rotatable bonds is 5. The number of nitrogens with zero attached hydrogens (tertiary/aromatic N) is 1. The SMILES string of the molecule is CCN(Cc1ccc(Cl)s1)C(=O)C(C)=C(C)C(=O)O. The lowest BCUT2D eigenvalue weighted by Gasteiger charge is -2.21. The van der Waals surface area contributed by atoms with E-state index in [0.717, 1.165) is 4.88 Å². The number of likely N-dealkylation sites (N-methyl/N-ethyl adjacent to an activating group) is 1. The number of carbonyl (C=O) groups excluding carboxylic acids is 1. The number of thiophene rings is 1. The zero-order valence-corrected chi connectivity index (χ0v) is 12.6. The van der Waals surface area contributed by atoms with E-state index in [4.69, 9.17) is 16.7 Å². The van der Waals surface area contributed by atoms with Gasteiger partial charge in [-0.05, 0) is 32.9 Å². The molecule has 1 amide bonds. The molecule has 1 aromatic heterocycles. The Morgan fingerprint density at radius 1 is 1.32 bits per heavy atom. The van der Waals surface area contributed by atoms with E-state index in [1.165, 1.54) is 25.2 Å². The summed E-state index contributed by atoms with van der Waals surface area (Å²) in [4.78, 5) is 25.7. The Morgan fingerprint density at radius 3 is 2.37 bits per heavy atom. The van der Waals surface area contributed by atoms with Crippen LogP contribution in [0.4, 0.5) is 0 Å². The van der Waals surface area contributed by atoms with Gasteiger partial charge in [0.2, 0.25) is 5.91 Å². The van der Waals surface area contributed by atoms with E-state index >= 15 is 0 Å². The van der Waals surface area contributed by atoms with E-state index in [2.05, 4.69) is 0 Å². The summed E-state index contributed by atoms with van der Waals surface area (Å²) in [5, 5.41) is 8.90. The highest BCUT2D eigenvalue weighted by Gasteiger charge is 2.19. The largest absolute Gasteiger partial charge is 0.478 e. The number of aliphatic carboxylic acids is 1. The van der Waals surface area contributed by atoms with Crippen LogP contribution in [0.3, 0.4) is 0 Å². The molecule has 0 saturated heterocycles. The number of halogens is 1. The van der Waals surface area contributed by atoms with Crippen molar-refractivity contribution in [1.29, 1.82) is 0 Å². The number of carbonyl (C=O) groups is 2. The Bertz CT molecular complexity index is 522. The zero-order valence-electron chi connectivity index (χ0n) is 11.1. The summed E-state index contributed by atoms with van der Waals surface area (Å²) in [6.07, 6.45) is 0. The van der Waals surface area contributed by atoms with Gasteiger partial charge in [0.05, 0.1) is 10.9 Å². The average Bonchev–Trinajstić information content (AvgIpc) is 2.78. The van der Waals surface area contributed by atoms with Crippen LogP contribution in [0, 0.1) is 0 Å². The molecule has 0 radical (unpaired) electrons. The van der Waals surface area contributed by atoms with Gasteiger partial charge in [-0.25, -0.2) is 4.79 Å². The van der Waals surface area contributed by atoms with E-state index in [9.17, 15) is 9.59 Å². The van der Waals surface area contributed by atoms with Crippen LogP contribution in [0.15, 0.2) is 23.3 Å². The highest BCUT2D eigenvalue weighted by Crippen LogP contribution is 2.23. The minimum atomic E-state index is -1.07. The number of amides is 1. The van der Waals surface area contributed by atoms with Crippen LogP contribution in [0.2, 0.25) is 4.34 Å². The minimum Gasteiger partial charge on any atom is -0.478 e. The molecule has 4 nitrogen and oxygen atoms in total. The smallest absolute Gasteiger partial charge is 0.331 e. The van der Waals surface area contributed by atoms with Crippen molar-refractivity contribution in [3.63, 3.8) is 0 Å². The van der Waals surface area contributed by atoms with Crippen LogP contribution in [0.25, 0.3) is 0 Å². The van der Waals surface area contributed by atoms with E-state index < -0.39 is 5.97 Å². The summed E-state index contributed by atoms with van der Waals surface area (Å²) < 4.78 is 0.674. The normalized spacial score (nSPS) is 12.0. The summed E-state index contributed by atoms with van der Waals surface area (Å²) in [7, 11) is 0. The fourth-order valence-electron chi connectivity index (χ4n) is 1.51. The van der Waals surface area contributed by atoms with Gasteiger partial charge in [-0.1, -0.05) is 11.6 Å². The lowest BCUT2D eigenvalue weighted by atomic mass is 10.1. The second-order valence-corrected chi connectivity index (χ2v) is 5.88. The van der Waals surface area contributed by atoms with Crippen molar-refractivity contribution >= 4 is 34.8 Å². The molecule has 104 valence electrons. The molecule has 19 heavy (non-hydrogen) atoms. The van der Waals surface area contributed by atoms with Crippen molar-refractivity contribution in [1.82, 2.24) is 4.90 Å². The van der Waals surface area contributed by atoms with Crippen LogP contribution in [0.1, 0.15) is 25.6 Å². The highest BCUT2D eigenvalue weighted by molar-refractivity contribution is 7.16. The Morgan fingerprint density at radius 2 is 1.95 bits per heavy atom. The second kappa shape index (κ2) is 6.73. The first-order chi connectivity index (χ1) is 8.86. The lowest BCUT2D eigenvalue weighted by Crippen LogP contribution is -2.31. The first-order valence-corrected chi connectivity index (χ1v) is 7.00. The van der Waals surface area contributed by atoms with E-state index in [-0.39, 0.29) is 17.1 Å². The van der Waals surface area contributed by atoms with Crippen molar-refractivity contribution in [2.45, 2.75) is 27.3 Å². The van der Waals surface area contributed by atoms with Crippen molar-refractivity contribution in [3.8, 4) is 0 Å². The van der Waals surface area contributed by atoms with Crippen LogP contribution in [-0.4, -0.2) is 28.4 Å². The van der Waals surface area contributed by atoms with Gasteiger partial charge < -0.3 is 10.0 Å². The van der Waals surface area contributed by atoms with Crippen LogP contribution >= 0.6 is 22.9 Å². The maximum absolute atomic E-state index is 12.2. The van der Waals surface area contributed by atoms with Crippen molar-refractivity contribution in [2.75, 3.05) is 6.54 Å². The first-order valence-electron chi connectivity index (χ1n) is 5.81. The molecule has 0 spiro atoms. The summed E-state index contributed by atoms with van der Waals surface area (Å²) in [6.45, 7) is 5.79. The summed E-state index contributed by atoms with van der Waals surface area (Å²) in [6, 6.07) is 3.65. The molecule has 0 aliphatic rings. The standard InChI is InChI=1S/C13H16ClNO3S/c1-4-15(7-10-5-6-11(14)19-10)12(16)8(2)9(3)13(17)18/h5-6H,4,7H2,1-3H3,(H,17,18). The van der Waals surface area contributed by atoms with Gasteiger partial charge in [0.15, 0.2) is 0 Å². The van der Waals surface area contributed by atoms with Crippen molar-refractivity contribution in [3.05, 3.63) is 32.5 Å². The number of hydrogen-bond acceptors (Lipinski definition) is 3. The van der Waals surface area contributed by atoms with Crippen molar-refractivity contribution in [2.24, 2.45) is 0 Å². The van der Waals surface area contributed by atoms with Gasteiger partial charge in [-0.15, -0.1) is 11.3 Å². The predicted molar refractivity (Wildman–Crippen MR) is 76.4 cm³/mol. The quantitative estimate of drug-likeness (QED) is 0.850. The third-order valence-electron chi connectivity index (χ3n) is 2.85. The third kappa shape index (κ3) is 4.08. The summed E-state index contributed by atoms with van der Waals surface area (Å²) >= 11 is 7.26. The molecule has 1 rings (SSSR count). The Kier molecular flexibility index (Phi) is 5.57. The first kappa shape index (κ1) is 15.7. The van der Waals surface area contributed by atoms with Gasteiger partial charge in [-0.3, -0.25) is 4.79 Å². The number of hydrogen-bond donors (Lipinski definition) is 1. The monoisotopic (exact) mass is 301 g/mol. The third-order valence-corrected chi connectivity index (χ3v) is 4.06.